The zero-order valence-corrected chi connectivity index (χ0v) is 10.9. The summed E-state index contributed by atoms with van der Waals surface area (Å²) in [4.78, 5) is 5.71. The molecule has 1 saturated carbocycles. The normalized spacial score (nSPS) is 15.1. The van der Waals surface area contributed by atoms with E-state index in [2.05, 4.69) is 10.3 Å². The maximum absolute atomic E-state index is 6.16. The molecule has 2 nitrogen and oxygen atoms in total. The maximum Gasteiger partial charge on any atom is 0.125 e. The smallest absolute Gasteiger partial charge is 0.125 e. The quantitative estimate of drug-likeness (QED) is 0.911. The fraction of sp³-hybridized carbons (Fsp3) is 0.308. The second-order valence-corrected chi connectivity index (χ2v) is 5.79. The first kappa shape index (κ1) is 11.2. The SMILES string of the molecule is Clc1ccccc1-c1ncc(CNC2CC2)s1. The van der Waals surface area contributed by atoms with Gasteiger partial charge in [0.15, 0.2) is 0 Å². The minimum absolute atomic E-state index is 0.737. The van der Waals surface area contributed by atoms with E-state index in [1.807, 2.05) is 30.5 Å². The average molecular weight is 265 g/mol. The van der Waals surface area contributed by atoms with Crippen LogP contribution in [0, 0.1) is 0 Å². The first-order chi connectivity index (χ1) is 8.33. The standard InChI is InChI=1S/C13H13ClN2S/c14-12-4-2-1-3-11(12)13-16-8-10(17-13)7-15-9-5-6-9/h1-4,8-9,15H,5-7H2. The van der Waals surface area contributed by atoms with E-state index in [4.69, 9.17) is 11.6 Å². The highest BCUT2D eigenvalue weighted by Gasteiger charge is 2.20. The number of rotatable bonds is 4. The predicted molar refractivity (Wildman–Crippen MR) is 72.4 cm³/mol. The Kier molecular flexibility index (Phi) is 3.14. The van der Waals surface area contributed by atoms with Crippen LogP contribution in [0.2, 0.25) is 5.02 Å². The van der Waals surface area contributed by atoms with Gasteiger partial charge in [-0.25, -0.2) is 4.98 Å². The Hall–Kier alpha value is -0.900. The van der Waals surface area contributed by atoms with Crippen LogP contribution in [0.5, 0.6) is 0 Å². The molecule has 1 N–H and O–H groups in total. The summed E-state index contributed by atoms with van der Waals surface area (Å²) < 4.78 is 0. The number of hydrogen-bond donors (Lipinski definition) is 1. The van der Waals surface area contributed by atoms with Crippen LogP contribution in [-0.2, 0) is 6.54 Å². The molecule has 0 saturated heterocycles. The summed E-state index contributed by atoms with van der Waals surface area (Å²) in [7, 11) is 0. The van der Waals surface area contributed by atoms with Gasteiger partial charge < -0.3 is 5.32 Å². The van der Waals surface area contributed by atoms with Crippen LogP contribution in [0.15, 0.2) is 30.5 Å². The second-order valence-electron chi connectivity index (χ2n) is 4.27. The van der Waals surface area contributed by atoms with Crippen molar-refractivity contribution in [2.24, 2.45) is 0 Å². The van der Waals surface area contributed by atoms with Gasteiger partial charge in [0.05, 0.1) is 5.02 Å². The Morgan fingerprint density at radius 1 is 1.35 bits per heavy atom. The predicted octanol–water partition coefficient (Wildman–Crippen LogP) is 3.72. The summed E-state index contributed by atoms with van der Waals surface area (Å²) in [5.74, 6) is 0. The van der Waals surface area contributed by atoms with Gasteiger partial charge in [-0.15, -0.1) is 11.3 Å². The molecule has 1 aromatic heterocycles. The van der Waals surface area contributed by atoms with Crippen molar-refractivity contribution in [2.45, 2.75) is 25.4 Å². The maximum atomic E-state index is 6.16. The van der Waals surface area contributed by atoms with Gasteiger partial charge >= 0.3 is 0 Å². The first-order valence-electron chi connectivity index (χ1n) is 5.76. The fourth-order valence-electron chi connectivity index (χ4n) is 1.68. The fourth-order valence-corrected chi connectivity index (χ4v) is 2.86. The van der Waals surface area contributed by atoms with Gasteiger partial charge in [-0.3, -0.25) is 0 Å². The van der Waals surface area contributed by atoms with E-state index in [0.717, 1.165) is 28.2 Å². The van der Waals surface area contributed by atoms with Crippen molar-refractivity contribution in [3.05, 3.63) is 40.4 Å². The Morgan fingerprint density at radius 3 is 2.94 bits per heavy atom. The Balaban J connectivity index is 1.77. The third kappa shape index (κ3) is 2.68. The molecule has 0 radical (unpaired) electrons. The van der Waals surface area contributed by atoms with Crippen LogP contribution in [0.25, 0.3) is 10.6 Å². The van der Waals surface area contributed by atoms with Gasteiger partial charge in [0, 0.05) is 29.2 Å². The molecule has 1 aromatic carbocycles. The molecule has 0 amide bonds. The van der Waals surface area contributed by atoms with Gasteiger partial charge in [0.2, 0.25) is 0 Å². The number of nitrogens with one attached hydrogen (secondary N) is 1. The van der Waals surface area contributed by atoms with Crippen molar-refractivity contribution < 1.29 is 0 Å². The van der Waals surface area contributed by atoms with Crippen LogP contribution in [0.1, 0.15) is 17.7 Å². The van der Waals surface area contributed by atoms with E-state index in [1.165, 1.54) is 17.7 Å². The summed E-state index contributed by atoms with van der Waals surface area (Å²) in [6.45, 7) is 0.923. The highest BCUT2D eigenvalue weighted by molar-refractivity contribution is 7.15. The van der Waals surface area contributed by atoms with E-state index >= 15 is 0 Å². The van der Waals surface area contributed by atoms with Crippen LogP contribution in [0.3, 0.4) is 0 Å². The van der Waals surface area contributed by atoms with Crippen molar-refractivity contribution in [3.63, 3.8) is 0 Å². The van der Waals surface area contributed by atoms with Crippen molar-refractivity contribution >= 4 is 22.9 Å². The third-order valence-corrected chi connectivity index (χ3v) is 4.16. The minimum Gasteiger partial charge on any atom is -0.309 e. The van der Waals surface area contributed by atoms with Crippen LogP contribution < -0.4 is 5.32 Å². The molecule has 17 heavy (non-hydrogen) atoms. The number of thiazole rings is 1. The first-order valence-corrected chi connectivity index (χ1v) is 6.95. The molecular formula is C13H13ClN2S. The largest absolute Gasteiger partial charge is 0.309 e. The van der Waals surface area contributed by atoms with E-state index in [1.54, 1.807) is 11.3 Å². The highest BCUT2D eigenvalue weighted by Crippen LogP contribution is 2.31. The number of nitrogens with zero attached hydrogens (tertiary/aromatic N) is 1. The highest BCUT2D eigenvalue weighted by atomic mass is 35.5. The third-order valence-electron chi connectivity index (χ3n) is 2.80. The molecule has 2 aromatic rings. The van der Waals surface area contributed by atoms with Crippen LogP contribution in [-0.4, -0.2) is 11.0 Å². The van der Waals surface area contributed by atoms with E-state index in [-0.39, 0.29) is 0 Å². The molecule has 1 aliphatic carbocycles. The van der Waals surface area contributed by atoms with Crippen molar-refractivity contribution in [1.29, 1.82) is 0 Å². The van der Waals surface area contributed by atoms with Crippen molar-refractivity contribution in [2.75, 3.05) is 0 Å². The van der Waals surface area contributed by atoms with Gasteiger partial charge in [0.1, 0.15) is 5.01 Å². The second kappa shape index (κ2) is 4.77. The van der Waals surface area contributed by atoms with Crippen molar-refractivity contribution in [1.82, 2.24) is 10.3 Å². The topological polar surface area (TPSA) is 24.9 Å². The molecular weight excluding hydrogens is 252 g/mol. The lowest BCUT2D eigenvalue weighted by Gasteiger charge is -1.99. The molecule has 1 fully saturated rings. The van der Waals surface area contributed by atoms with Crippen LogP contribution >= 0.6 is 22.9 Å². The summed E-state index contributed by atoms with van der Waals surface area (Å²) in [6, 6.07) is 8.58. The molecule has 1 heterocycles. The number of hydrogen-bond acceptors (Lipinski definition) is 3. The lowest BCUT2D eigenvalue weighted by molar-refractivity contribution is 0.694. The lowest BCUT2D eigenvalue weighted by Crippen LogP contribution is -2.14. The summed E-state index contributed by atoms with van der Waals surface area (Å²) in [5, 5.41) is 5.26. The van der Waals surface area contributed by atoms with Gasteiger partial charge in [-0.05, 0) is 18.9 Å². The molecule has 0 unspecified atom stereocenters. The molecule has 0 bridgehead atoms. The van der Waals surface area contributed by atoms with E-state index in [0.29, 0.717) is 0 Å². The Morgan fingerprint density at radius 2 is 2.18 bits per heavy atom. The average Bonchev–Trinajstić information content (AvgIpc) is 3.06. The molecule has 88 valence electrons. The number of benzene rings is 1. The monoisotopic (exact) mass is 264 g/mol. The molecule has 1 aliphatic rings. The summed E-state index contributed by atoms with van der Waals surface area (Å²) in [6.07, 6.45) is 4.57. The number of aromatic nitrogens is 1. The minimum atomic E-state index is 0.737. The lowest BCUT2D eigenvalue weighted by atomic mass is 10.2. The summed E-state index contributed by atoms with van der Waals surface area (Å²) >= 11 is 7.87. The van der Waals surface area contributed by atoms with E-state index < -0.39 is 0 Å². The zero-order chi connectivity index (χ0) is 11.7. The molecule has 0 atom stereocenters. The van der Waals surface area contributed by atoms with E-state index in [9.17, 15) is 0 Å². The Labute approximate surface area is 110 Å². The molecule has 3 rings (SSSR count). The summed E-state index contributed by atoms with van der Waals surface area (Å²) in [5.41, 5.74) is 1.02. The number of halogens is 1. The zero-order valence-electron chi connectivity index (χ0n) is 9.32. The molecule has 4 heteroatoms. The Bertz CT molecular complexity index is 520. The van der Waals surface area contributed by atoms with Crippen LogP contribution in [0.4, 0.5) is 0 Å². The van der Waals surface area contributed by atoms with Gasteiger partial charge in [-0.2, -0.15) is 0 Å². The molecule has 0 aliphatic heterocycles. The molecule has 0 spiro atoms. The van der Waals surface area contributed by atoms with Gasteiger partial charge in [0.25, 0.3) is 0 Å². The van der Waals surface area contributed by atoms with Crippen molar-refractivity contribution in [3.8, 4) is 10.6 Å². The van der Waals surface area contributed by atoms with Gasteiger partial charge in [-0.1, -0.05) is 29.8 Å².